The Morgan fingerprint density at radius 3 is 2.67 bits per heavy atom. The van der Waals surface area contributed by atoms with E-state index in [1.807, 2.05) is 13.8 Å². The molecule has 2 rings (SSSR count). The lowest BCUT2D eigenvalue weighted by Gasteiger charge is -2.28. The minimum absolute atomic E-state index is 0.0684. The Hall–Kier alpha value is -2.23. The van der Waals surface area contributed by atoms with Crippen LogP contribution in [0.1, 0.15) is 32.3 Å². The van der Waals surface area contributed by atoms with Crippen LogP contribution in [0.25, 0.3) is 6.08 Å². The summed E-state index contributed by atoms with van der Waals surface area (Å²) in [6.45, 7) is 4.03. The van der Waals surface area contributed by atoms with Gasteiger partial charge in [0.05, 0.1) is 0 Å². The maximum Gasteiger partial charge on any atom is 0.250 e. The predicted molar refractivity (Wildman–Crippen MR) is 79.8 cm³/mol. The van der Waals surface area contributed by atoms with Gasteiger partial charge in [-0.05, 0) is 26.0 Å². The summed E-state index contributed by atoms with van der Waals surface area (Å²) in [5.41, 5.74) is 1.83. The molecule has 1 amide bonds. The molecule has 0 aromatic heterocycles. The van der Waals surface area contributed by atoms with Gasteiger partial charge >= 0.3 is 0 Å². The van der Waals surface area contributed by atoms with Gasteiger partial charge in [0, 0.05) is 36.7 Å². The van der Waals surface area contributed by atoms with Crippen LogP contribution in [-0.4, -0.2) is 23.1 Å². The molecule has 1 aromatic rings. The second-order valence-corrected chi connectivity index (χ2v) is 5.33. The van der Waals surface area contributed by atoms with Gasteiger partial charge in [0.2, 0.25) is 0 Å². The number of hydrogen-bond acceptors (Lipinski definition) is 2. The number of carbonyl (C=O) groups excluding carboxylic acids is 2. The van der Waals surface area contributed by atoms with E-state index in [2.05, 4.69) is 0 Å². The van der Waals surface area contributed by atoms with Crippen molar-refractivity contribution in [3.05, 3.63) is 53.0 Å². The van der Waals surface area contributed by atoms with Gasteiger partial charge in [-0.25, -0.2) is 4.39 Å². The van der Waals surface area contributed by atoms with Crippen LogP contribution < -0.4 is 0 Å². The zero-order valence-corrected chi connectivity index (χ0v) is 12.2. The summed E-state index contributed by atoms with van der Waals surface area (Å²) in [5, 5.41) is 0. The number of carbonyl (C=O) groups is 2. The lowest BCUT2D eigenvalue weighted by molar-refractivity contribution is -0.127. The maximum absolute atomic E-state index is 13.7. The van der Waals surface area contributed by atoms with Crippen LogP contribution in [0.3, 0.4) is 0 Å². The summed E-state index contributed by atoms with van der Waals surface area (Å²) in [5.74, 6) is -0.457. The molecule has 110 valence electrons. The fourth-order valence-corrected chi connectivity index (χ4v) is 2.24. The molecule has 0 aliphatic carbocycles. The number of nitrogens with zero attached hydrogens (tertiary/aromatic N) is 1. The molecule has 1 saturated heterocycles. The van der Waals surface area contributed by atoms with Crippen LogP contribution in [0.5, 0.6) is 0 Å². The van der Waals surface area contributed by atoms with Crippen LogP contribution in [0.15, 0.2) is 41.6 Å². The molecule has 1 heterocycles. The third-order valence-corrected chi connectivity index (χ3v) is 3.24. The summed E-state index contributed by atoms with van der Waals surface area (Å²) in [6.07, 6.45) is 3.63. The zero-order valence-electron chi connectivity index (χ0n) is 12.2. The fourth-order valence-electron chi connectivity index (χ4n) is 2.24. The molecule has 1 aromatic carbocycles. The van der Waals surface area contributed by atoms with Crippen LogP contribution in [0.4, 0.5) is 4.39 Å². The first-order chi connectivity index (χ1) is 9.97. The number of amides is 1. The van der Waals surface area contributed by atoms with E-state index in [0.717, 1.165) is 5.57 Å². The molecule has 0 unspecified atom stereocenters. The quantitative estimate of drug-likeness (QED) is 0.782. The van der Waals surface area contributed by atoms with Crippen molar-refractivity contribution >= 4 is 17.8 Å². The van der Waals surface area contributed by atoms with Crippen molar-refractivity contribution in [3.63, 3.8) is 0 Å². The molecule has 4 heteroatoms. The molecule has 3 nitrogen and oxygen atoms in total. The number of ketones is 1. The number of likely N-dealkylation sites (tertiary alicyclic amines) is 1. The summed E-state index contributed by atoms with van der Waals surface area (Å²) >= 11 is 0. The van der Waals surface area contributed by atoms with Gasteiger partial charge in [0.15, 0.2) is 0 Å². The normalized spacial score (nSPS) is 17.0. The highest BCUT2D eigenvalue weighted by Crippen LogP contribution is 2.22. The molecule has 0 radical (unpaired) electrons. The van der Waals surface area contributed by atoms with E-state index in [4.69, 9.17) is 0 Å². The molecule has 0 spiro atoms. The standard InChI is InChI=1S/C17H18FNO2/c1-12(2)9-17(21)19-8-7-15(20)11-14(19)10-13-5-3-4-6-16(13)18/h3-6,9-10H,7-8,11H2,1-2H3. The van der Waals surface area contributed by atoms with Crippen LogP contribution >= 0.6 is 0 Å². The Bertz CT molecular complexity index is 627. The Morgan fingerprint density at radius 1 is 1.29 bits per heavy atom. The average molecular weight is 287 g/mol. The highest BCUT2D eigenvalue weighted by molar-refractivity contribution is 5.94. The van der Waals surface area contributed by atoms with Gasteiger partial charge in [-0.15, -0.1) is 0 Å². The summed E-state index contributed by atoms with van der Waals surface area (Å²) in [7, 11) is 0. The molecule has 0 bridgehead atoms. The van der Waals surface area contributed by atoms with Crippen molar-refractivity contribution in [2.75, 3.05) is 6.54 Å². The van der Waals surface area contributed by atoms with Gasteiger partial charge in [-0.3, -0.25) is 9.59 Å². The number of rotatable bonds is 2. The fraction of sp³-hybridized carbons (Fsp3) is 0.294. The lowest BCUT2D eigenvalue weighted by Crippen LogP contribution is -2.36. The molecular formula is C17H18FNO2. The van der Waals surface area contributed by atoms with Gasteiger partial charge < -0.3 is 4.90 Å². The smallest absolute Gasteiger partial charge is 0.250 e. The Labute approximate surface area is 123 Å². The monoisotopic (exact) mass is 287 g/mol. The highest BCUT2D eigenvalue weighted by Gasteiger charge is 2.24. The Kier molecular flexibility index (Phi) is 4.68. The highest BCUT2D eigenvalue weighted by atomic mass is 19.1. The predicted octanol–water partition coefficient (Wildman–Crippen LogP) is 3.32. The SMILES string of the molecule is CC(C)=CC(=O)N1CCC(=O)CC1=Cc1ccccc1F. The molecular weight excluding hydrogens is 269 g/mol. The summed E-state index contributed by atoms with van der Waals surface area (Å²) < 4.78 is 13.7. The van der Waals surface area contributed by atoms with Crippen LogP contribution in [-0.2, 0) is 9.59 Å². The number of halogens is 1. The minimum Gasteiger partial charge on any atom is -0.312 e. The van der Waals surface area contributed by atoms with Crippen molar-refractivity contribution in [2.45, 2.75) is 26.7 Å². The number of piperidine rings is 1. The maximum atomic E-state index is 13.7. The minimum atomic E-state index is -0.363. The molecule has 1 fully saturated rings. The number of hydrogen-bond donors (Lipinski definition) is 0. The molecule has 1 aliphatic rings. The number of benzene rings is 1. The van der Waals surface area contributed by atoms with Crippen molar-refractivity contribution in [2.24, 2.45) is 0 Å². The first kappa shape index (κ1) is 15.2. The van der Waals surface area contributed by atoms with E-state index in [0.29, 0.717) is 24.2 Å². The number of Topliss-reactive ketones (excluding diaryl/α,β-unsaturated/α-hetero) is 1. The first-order valence-electron chi connectivity index (χ1n) is 6.90. The lowest BCUT2D eigenvalue weighted by atomic mass is 10.0. The van der Waals surface area contributed by atoms with Gasteiger partial charge in [-0.1, -0.05) is 23.8 Å². The van der Waals surface area contributed by atoms with Crippen molar-refractivity contribution in [1.82, 2.24) is 4.90 Å². The average Bonchev–Trinajstić information content (AvgIpc) is 2.40. The van der Waals surface area contributed by atoms with Crippen LogP contribution in [0.2, 0.25) is 0 Å². The molecule has 0 atom stereocenters. The van der Waals surface area contributed by atoms with E-state index in [1.54, 1.807) is 29.2 Å². The Balaban J connectivity index is 2.36. The molecule has 1 aliphatic heterocycles. The van der Waals surface area contributed by atoms with Gasteiger partial charge in [-0.2, -0.15) is 0 Å². The second kappa shape index (κ2) is 6.48. The molecule has 0 N–H and O–H groups in total. The third kappa shape index (κ3) is 3.88. The summed E-state index contributed by atoms with van der Waals surface area (Å²) in [4.78, 5) is 25.4. The third-order valence-electron chi connectivity index (χ3n) is 3.24. The molecule has 0 saturated carbocycles. The Morgan fingerprint density at radius 2 is 2.00 bits per heavy atom. The van der Waals surface area contributed by atoms with E-state index < -0.39 is 0 Å². The van der Waals surface area contributed by atoms with E-state index in [-0.39, 0.29) is 23.9 Å². The van der Waals surface area contributed by atoms with E-state index in [1.165, 1.54) is 12.1 Å². The topological polar surface area (TPSA) is 37.4 Å². The zero-order chi connectivity index (χ0) is 15.4. The van der Waals surface area contributed by atoms with E-state index in [9.17, 15) is 14.0 Å². The first-order valence-corrected chi connectivity index (χ1v) is 6.90. The van der Waals surface area contributed by atoms with Crippen LogP contribution in [0, 0.1) is 5.82 Å². The van der Waals surface area contributed by atoms with E-state index >= 15 is 0 Å². The summed E-state index contributed by atoms with van der Waals surface area (Å²) in [6, 6.07) is 6.32. The van der Waals surface area contributed by atoms with Gasteiger partial charge in [0.1, 0.15) is 11.6 Å². The van der Waals surface area contributed by atoms with Crippen molar-refractivity contribution in [3.8, 4) is 0 Å². The molecule has 21 heavy (non-hydrogen) atoms. The van der Waals surface area contributed by atoms with Crippen molar-refractivity contribution in [1.29, 1.82) is 0 Å². The number of allylic oxidation sites excluding steroid dienone is 2. The second-order valence-electron chi connectivity index (χ2n) is 5.33. The van der Waals surface area contributed by atoms with Gasteiger partial charge in [0.25, 0.3) is 5.91 Å². The largest absolute Gasteiger partial charge is 0.312 e. The van der Waals surface area contributed by atoms with Crippen molar-refractivity contribution < 1.29 is 14.0 Å².